The zero-order valence-corrected chi connectivity index (χ0v) is 15.2. The summed E-state index contributed by atoms with van der Waals surface area (Å²) in [6, 6.07) is 10.5. The van der Waals surface area contributed by atoms with Gasteiger partial charge in [0.25, 0.3) is 0 Å². The number of thioether (sulfide) groups is 1. The highest BCUT2D eigenvalue weighted by atomic mass is 32.2. The Hall–Kier alpha value is -2.39. The molecule has 1 atom stereocenters. The van der Waals surface area contributed by atoms with Crippen LogP contribution >= 0.6 is 11.8 Å². The molecule has 3 rings (SSSR count). The second-order valence-corrected chi connectivity index (χ2v) is 7.11. The molecule has 1 heterocycles. The molecule has 0 aliphatic heterocycles. The number of carbonyl (C=O) groups excluding carboxylic acids is 1. The molecule has 5 nitrogen and oxygen atoms in total. The van der Waals surface area contributed by atoms with E-state index in [0.29, 0.717) is 22.1 Å². The van der Waals surface area contributed by atoms with Gasteiger partial charge in [0.15, 0.2) is 0 Å². The summed E-state index contributed by atoms with van der Waals surface area (Å²) < 4.78 is 0. The Labute approximate surface area is 151 Å². The van der Waals surface area contributed by atoms with E-state index >= 15 is 0 Å². The minimum Gasteiger partial charge on any atom is -0.349 e. The van der Waals surface area contributed by atoms with Crippen LogP contribution in [-0.2, 0) is 11.2 Å². The van der Waals surface area contributed by atoms with Crippen LogP contribution in [0.25, 0.3) is 0 Å². The minimum absolute atomic E-state index is 0.0375. The Morgan fingerprint density at radius 3 is 2.96 bits per heavy atom. The zero-order chi connectivity index (χ0) is 17.8. The molecule has 1 aliphatic carbocycles. The summed E-state index contributed by atoms with van der Waals surface area (Å²) >= 11 is 1.29. The van der Waals surface area contributed by atoms with E-state index in [4.69, 9.17) is 0 Å². The number of aromatic nitrogens is 2. The van der Waals surface area contributed by atoms with Gasteiger partial charge in [-0.3, -0.25) is 4.79 Å². The van der Waals surface area contributed by atoms with Gasteiger partial charge in [0.05, 0.1) is 17.5 Å². The van der Waals surface area contributed by atoms with E-state index in [9.17, 15) is 10.1 Å². The zero-order valence-electron chi connectivity index (χ0n) is 14.4. The van der Waals surface area contributed by atoms with Gasteiger partial charge in [0.1, 0.15) is 22.5 Å². The van der Waals surface area contributed by atoms with Crippen LogP contribution in [-0.4, -0.2) is 21.6 Å². The van der Waals surface area contributed by atoms with Crippen LogP contribution in [0.15, 0.2) is 29.3 Å². The van der Waals surface area contributed by atoms with Crippen LogP contribution in [0.2, 0.25) is 0 Å². The smallest absolute Gasteiger partial charge is 0.230 e. The predicted octanol–water partition coefficient (Wildman–Crippen LogP) is 3.25. The topological polar surface area (TPSA) is 78.7 Å². The number of carbonyl (C=O) groups is 1. The Morgan fingerprint density at radius 2 is 2.16 bits per heavy atom. The fourth-order valence-electron chi connectivity index (χ4n) is 3.19. The van der Waals surface area contributed by atoms with E-state index in [1.165, 1.54) is 22.9 Å². The molecule has 6 heteroatoms. The number of hydrogen-bond acceptors (Lipinski definition) is 5. The van der Waals surface area contributed by atoms with Crippen molar-refractivity contribution in [2.24, 2.45) is 0 Å². The number of nitrogens with one attached hydrogen (secondary N) is 1. The van der Waals surface area contributed by atoms with Gasteiger partial charge < -0.3 is 5.32 Å². The van der Waals surface area contributed by atoms with Gasteiger partial charge >= 0.3 is 0 Å². The van der Waals surface area contributed by atoms with Crippen molar-refractivity contribution in [3.8, 4) is 6.07 Å². The molecular weight excluding hydrogens is 332 g/mol. The third kappa shape index (κ3) is 3.99. The van der Waals surface area contributed by atoms with Crippen molar-refractivity contribution in [2.75, 3.05) is 5.75 Å². The molecule has 0 saturated carbocycles. The number of hydrogen-bond donors (Lipinski definition) is 1. The van der Waals surface area contributed by atoms with Gasteiger partial charge in [0, 0.05) is 0 Å². The van der Waals surface area contributed by atoms with Gasteiger partial charge in [-0.15, -0.1) is 0 Å². The summed E-state index contributed by atoms with van der Waals surface area (Å²) in [6.07, 6.45) is 3.11. The van der Waals surface area contributed by atoms with E-state index < -0.39 is 0 Å². The summed E-state index contributed by atoms with van der Waals surface area (Å²) in [6.45, 7) is 3.58. The van der Waals surface area contributed by atoms with Crippen LogP contribution in [0.4, 0.5) is 0 Å². The maximum Gasteiger partial charge on any atom is 0.230 e. The Bertz CT molecular complexity index is 844. The van der Waals surface area contributed by atoms with Crippen molar-refractivity contribution in [1.29, 1.82) is 5.26 Å². The number of fused-ring (bicyclic) bond motifs is 1. The molecule has 0 radical (unpaired) electrons. The molecule has 1 aromatic carbocycles. The van der Waals surface area contributed by atoms with Crippen molar-refractivity contribution in [1.82, 2.24) is 15.3 Å². The average Bonchev–Trinajstić information content (AvgIpc) is 2.60. The molecule has 1 unspecified atom stereocenters. The van der Waals surface area contributed by atoms with Crippen molar-refractivity contribution in [3.05, 3.63) is 52.5 Å². The molecule has 0 bridgehead atoms. The summed E-state index contributed by atoms with van der Waals surface area (Å²) in [5, 5.41) is 13.0. The van der Waals surface area contributed by atoms with E-state index in [1.807, 2.05) is 12.1 Å². The number of rotatable bonds is 4. The first kappa shape index (κ1) is 17.4. The monoisotopic (exact) mass is 352 g/mol. The molecule has 25 heavy (non-hydrogen) atoms. The summed E-state index contributed by atoms with van der Waals surface area (Å²) in [5.41, 5.74) is 3.64. The van der Waals surface area contributed by atoms with Crippen LogP contribution in [0.1, 0.15) is 47.1 Å². The van der Waals surface area contributed by atoms with Crippen LogP contribution in [0.5, 0.6) is 0 Å². The second kappa shape index (κ2) is 7.66. The molecule has 0 spiro atoms. The lowest BCUT2D eigenvalue weighted by molar-refractivity contribution is -0.119. The lowest BCUT2D eigenvalue weighted by Crippen LogP contribution is -2.32. The van der Waals surface area contributed by atoms with Crippen molar-refractivity contribution >= 4 is 17.7 Å². The first-order chi connectivity index (χ1) is 12.1. The third-order valence-electron chi connectivity index (χ3n) is 4.32. The first-order valence-electron chi connectivity index (χ1n) is 8.34. The molecule has 1 N–H and O–H groups in total. The number of aryl methyl sites for hydroxylation is 3. The Morgan fingerprint density at radius 1 is 1.36 bits per heavy atom. The van der Waals surface area contributed by atoms with Gasteiger partial charge in [0.2, 0.25) is 5.91 Å². The van der Waals surface area contributed by atoms with Crippen LogP contribution in [0.3, 0.4) is 0 Å². The van der Waals surface area contributed by atoms with Gasteiger partial charge in [-0.05, 0) is 44.2 Å². The normalized spacial score (nSPS) is 16.0. The number of nitrogens with zero attached hydrogens (tertiary/aromatic N) is 3. The second-order valence-electron chi connectivity index (χ2n) is 6.15. The lowest BCUT2D eigenvalue weighted by atomic mass is 9.88. The largest absolute Gasteiger partial charge is 0.349 e. The van der Waals surface area contributed by atoms with E-state index in [1.54, 1.807) is 13.8 Å². The van der Waals surface area contributed by atoms with Crippen molar-refractivity contribution in [2.45, 2.75) is 44.2 Å². The van der Waals surface area contributed by atoms with E-state index in [-0.39, 0.29) is 17.7 Å². The molecule has 2 aromatic rings. The highest BCUT2D eigenvalue weighted by molar-refractivity contribution is 8.00. The highest BCUT2D eigenvalue weighted by Gasteiger charge is 2.21. The van der Waals surface area contributed by atoms with Gasteiger partial charge in [-0.25, -0.2) is 9.97 Å². The lowest BCUT2D eigenvalue weighted by Gasteiger charge is -2.26. The Kier molecular flexibility index (Phi) is 5.34. The SMILES string of the molecule is Cc1nc(C)c(C#N)c(SCC(=O)NC2CCCc3ccccc32)n1. The fourth-order valence-corrected chi connectivity index (χ4v) is 4.07. The molecule has 1 amide bonds. The maximum absolute atomic E-state index is 12.4. The molecule has 128 valence electrons. The molecule has 1 aliphatic rings. The number of amides is 1. The van der Waals surface area contributed by atoms with E-state index in [2.05, 4.69) is 33.5 Å². The fraction of sp³-hybridized carbons (Fsp3) is 0.368. The molecular formula is C19H20N4OS. The number of nitriles is 1. The maximum atomic E-state index is 12.4. The third-order valence-corrected chi connectivity index (χ3v) is 5.30. The molecule has 0 saturated heterocycles. The average molecular weight is 352 g/mol. The minimum atomic E-state index is -0.0375. The standard InChI is InChI=1S/C19H20N4OS/c1-12-16(10-20)19(22-13(2)21-12)25-11-18(24)23-17-9-5-7-14-6-3-4-8-15(14)17/h3-4,6,8,17H,5,7,9,11H2,1-2H3,(H,23,24). The predicted molar refractivity (Wildman–Crippen MR) is 97.2 cm³/mol. The summed E-state index contributed by atoms with van der Waals surface area (Å²) in [5.74, 6) is 0.814. The Balaban J connectivity index is 1.66. The van der Waals surface area contributed by atoms with Crippen molar-refractivity contribution in [3.63, 3.8) is 0 Å². The van der Waals surface area contributed by atoms with Gasteiger partial charge in [-0.1, -0.05) is 36.0 Å². The number of benzene rings is 1. The van der Waals surface area contributed by atoms with Gasteiger partial charge in [-0.2, -0.15) is 5.26 Å². The first-order valence-corrected chi connectivity index (χ1v) is 9.32. The summed E-state index contributed by atoms with van der Waals surface area (Å²) in [7, 11) is 0. The summed E-state index contributed by atoms with van der Waals surface area (Å²) in [4.78, 5) is 20.9. The highest BCUT2D eigenvalue weighted by Crippen LogP contribution is 2.29. The van der Waals surface area contributed by atoms with Crippen molar-refractivity contribution < 1.29 is 4.79 Å². The molecule has 0 fully saturated rings. The van der Waals surface area contributed by atoms with Crippen LogP contribution < -0.4 is 5.32 Å². The quantitative estimate of drug-likeness (QED) is 0.675. The van der Waals surface area contributed by atoms with E-state index in [0.717, 1.165) is 19.3 Å². The van der Waals surface area contributed by atoms with Crippen LogP contribution in [0, 0.1) is 25.2 Å². The molecule has 1 aromatic heterocycles.